The Labute approximate surface area is 280 Å². The lowest BCUT2D eigenvalue weighted by Crippen LogP contribution is -2.15. The average molecular weight is 639 g/mol. The maximum absolute atomic E-state index is 10.7. The molecule has 0 fully saturated rings. The van der Waals surface area contributed by atoms with Crippen LogP contribution in [0.3, 0.4) is 0 Å². The summed E-state index contributed by atoms with van der Waals surface area (Å²) in [6, 6.07) is 33.1. The van der Waals surface area contributed by atoms with Crippen LogP contribution >= 0.6 is 0 Å². The Hall–Kier alpha value is -4.42. The molecule has 5 rings (SSSR count). The lowest BCUT2D eigenvalue weighted by atomic mass is 9.93. The van der Waals surface area contributed by atoms with E-state index >= 15 is 0 Å². The van der Waals surface area contributed by atoms with Crippen molar-refractivity contribution in [3.8, 4) is 5.75 Å². The predicted octanol–water partition coefficient (Wildman–Crippen LogP) is 9.67. The van der Waals surface area contributed by atoms with Gasteiger partial charge in [0, 0.05) is 12.3 Å². The van der Waals surface area contributed by atoms with Gasteiger partial charge in [-0.1, -0.05) is 119 Å². The summed E-state index contributed by atoms with van der Waals surface area (Å²) in [6.45, 7) is 8.21. The number of rotatable bonds is 13. The molecule has 0 amide bonds. The van der Waals surface area contributed by atoms with E-state index in [1.807, 2.05) is 12.1 Å². The number of benzene rings is 4. The van der Waals surface area contributed by atoms with Gasteiger partial charge in [0.2, 0.25) is 0 Å². The molecule has 0 spiro atoms. The van der Waals surface area contributed by atoms with Gasteiger partial charge in [0.15, 0.2) is 0 Å². The summed E-state index contributed by atoms with van der Waals surface area (Å²) in [6.07, 6.45) is 7.63. The number of carbonyl (C=O) groups is 2. The Bertz CT molecular complexity index is 1500. The first-order valence-corrected chi connectivity index (χ1v) is 16.8. The minimum Gasteiger partial charge on any atom is -0.489 e. The van der Waals surface area contributed by atoms with E-state index in [2.05, 4.69) is 93.6 Å². The number of aliphatic carboxylic acids is 1. The van der Waals surface area contributed by atoms with Gasteiger partial charge in [0.25, 0.3) is 0 Å². The van der Waals surface area contributed by atoms with Crippen molar-refractivity contribution in [2.75, 3.05) is 6.61 Å². The Morgan fingerprint density at radius 2 is 1.43 bits per heavy atom. The summed E-state index contributed by atoms with van der Waals surface area (Å²) in [5, 5.41) is 17.0. The van der Waals surface area contributed by atoms with Crippen molar-refractivity contribution in [2.24, 2.45) is 0 Å². The molecule has 1 atom stereocenters. The molecular weight excluding hydrogens is 588 g/mol. The molecule has 6 nitrogen and oxygen atoms in total. The summed E-state index contributed by atoms with van der Waals surface area (Å²) in [4.78, 5) is 20.6. The smallest absolute Gasteiger partial charge is 0.335 e. The molecule has 47 heavy (non-hydrogen) atoms. The summed E-state index contributed by atoms with van der Waals surface area (Å²) in [5.41, 5.74) is 7.83. The first kappa shape index (κ1) is 37.0. The Morgan fingerprint density at radius 3 is 2.09 bits per heavy atom. The van der Waals surface area contributed by atoms with Crippen molar-refractivity contribution in [3.63, 3.8) is 0 Å². The zero-order valence-electron chi connectivity index (χ0n) is 28.1. The van der Waals surface area contributed by atoms with Gasteiger partial charge < -0.3 is 19.7 Å². The normalized spacial score (nSPS) is 13.2. The molecule has 1 aliphatic heterocycles. The van der Waals surface area contributed by atoms with Crippen LogP contribution in [0.2, 0.25) is 0 Å². The number of ether oxygens (including phenoxy) is 2. The third-order valence-corrected chi connectivity index (χ3v) is 7.99. The minimum absolute atomic E-state index is 0.327. The summed E-state index contributed by atoms with van der Waals surface area (Å²) >= 11 is 0. The second-order valence-electron chi connectivity index (χ2n) is 11.9. The molecule has 250 valence electrons. The molecule has 0 saturated carbocycles. The number of unbranched alkanes of at least 4 members (excludes halogenated alkanes) is 2. The number of para-hydroxylation sites is 1. The van der Waals surface area contributed by atoms with Crippen LogP contribution in [-0.4, -0.2) is 28.8 Å². The molecule has 6 heteroatoms. The highest BCUT2D eigenvalue weighted by molar-refractivity contribution is 5.88. The van der Waals surface area contributed by atoms with E-state index in [-0.39, 0.29) is 0 Å². The molecule has 1 unspecified atom stereocenters. The van der Waals surface area contributed by atoms with Gasteiger partial charge in [0.1, 0.15) is 12.4 Å². The maximum atomic E-state index is 10.7. The van der Waals surface area contributed by atoms with Crippen molar-refractivity contribution in [1.82, 2.24) is 0 Å². The molecule has 4 aromatic carbocycles. The van der Waals surface area contributed by atoms with Crippen LogP contribution in [0.4, 0.5) is 0 Å². The zero-order valence-corrected chi connectivity index (χ0v) is 28.1. The highest BCUT2D eigenvalue weighted by atomic mass is 16.5. The van der Waals surface area contributed by atoms with Crippen LogP contribution in [0.1, 0.15) is 103 Å². The van der Waals surface area contributed by atoms with E-state index in [0.29, 0.717) is 31.1 Å². The van der Waals surface area contributed by atoms with E-state index in [1.165, 1.54) is 27.8 Å². The minimum atomic E-state index is -0.883. The van der Waals surface area contributed by atoms with E-state index in [9.17, 15) is 9.59 Å². The Balaban J connectivity index is 0.000000228. The van der Waals surface area contributed by atoms with E-state index in [0.717, 1.165) is 62.9 Å². The fraction of sp³-hybridized carbons (Fsp3) is 0.366. The molecule has 0 radical (unpaired) electrons. The maximum Gasteiger partial charge on any atom is 0.335 e. The van der Waals surface area contributed by atoms with Gasteiger partial charge in [-0.05, 0) is 77.3 Å². The first-order valence-electron chi connectivity index (χ1n) is 16.8. The monoisotopic (exact) mass is 638 g/mol. The fourth-order valence-corrected chi connectivity index (χ4v) is 5.32. The van der Waals surface area contributed by atoms with Crippen LogP contribution in [-0.2, 0) is 42.0 Å². The second-order valence-corrected chi connectivity index (χ2v) is 11.9. The average Bonchev–Trinajstić information content (AvgIpc) is 3.08. The standard InChI is InChI=1S/C24H26O.C11H12O3.C6H12O2/c1-2-8-23-11-6-7-12-24(23)25-19-22-17-15-21(16-18-22)14-13-20-9-4-3-5-10-20;1-7-5-14-6-9-4-8(11(12)13)2-3-10(7)9;1-2-3-4-5-6(7)8/h3-7,9-12,15-18H,2,8,13-14,19H2,1H3;2-4,7H,5-6H2,1H3,(H,12,13);2-5H2,1H3,(H,7,8). The van der Waals surface area contributed by atoms with Crippen molar-refractivity contribution >= 4 is 11.9 Å². The third kappa shape index (κ3) is 13.5. The van der Waals surface area contributed by atoms with Gasteiger partial charge in [-0.15, -0.1) is 0 Å². The van der Waals surface area contributed by atoms with Crippen molar-refractivity contribution < 1.29 is 29.3 Å². The van der Waals surface area contributed by atoms with E-state index < -0.39 is 11.9 Å². The number of carboxylic acids is 2. The van der Waals surface area contributed by atoms with Crippen molar-refractivity contribution in [2.45, 2.75) is 91.3 Å². The number of aromatic carboxylic acids is 1. The largest absolute Gasteiger partial charge is 0.489 e. The summed E-state index contributed by atoms with van der Waals surface area (Å²) < 4.78 is 11.4. The van der Waals surface area contributed by atoms with Gasteiger partial charge in [0.05, 0.1) is 18.8 Å². The SMILES string of the molecule is CC1COCc2cc(C(=O)O)ccc21.CCCCCC(=O)O.CCCc1ccccc1OCc1ccc(CCc2ccccc2)cc1. The molecule has 4 aromatic rings. The Kier molecular flexibility index (Phi) is 16.3. The molecule has 0 aliphatic carbocycles. The quantitative estimate of drug-likeness (QED) is 0.142. The summed E-state index contributed by atoms with van der Waals surface area (Å²) in [5.74, 6) is -0.191. The van der Waals surface area contributed by atoms with Crippen LogP contribution in [0, 0.1) is 0 Å². The van der Waals surface area contributed by atoms with E-state index in [1.54, 1.807) is 12.1 Å². The molecule has 0 saturated heterocycles. The highest BCUT2D eigenvalue weighted by Crippen LogP contribution is 2.27. The topological polar surface area (TPSA) is 93.1 Å². The first-order chi connectivity index (χ1) is 22.8. The molecule has 1 heterocycles. The van der Waals surface area contributed by atoms with Crippen LogP contribution in [0.15, 0.2) is 97.1 Å². The number of aryl methyl sites for hydroxylation is 3. The van der Waals surface area contributed by atoms with Gasteiger partial charge in [-0.3, -0.25) is 4.79 Å². The second kappa shape index (κ2) is 20.7. The molecule has 0 bridgehead atoms. The number of hydrogen-bond donors (Lipinski definition) is 2. The Morgan fingerprint density at radius 1 is 0.766 bits per heavy atom. The van der Waals surface area contributed by atoms with Crippen molar-refractivity contribution in [1.29, 1.82) is 0 Å². The lowest BCUT2D eigenvalue weighted by molar-refractivity contribution is -0.137. The number of fused-ring (bicyclic) bond motifs is 1. The molecule has 2 N–H and O–H groups in total. The predicted molar refractivity (Wildman–Crippen MR) is 188 cm³/mol. The van der Waals surface area contributed by atoms with Crippen LogP contribution < -0.4 is 4.74 Å². The van der Waals surface area contributed by atoms with Gasteiger partial charge >= 0.3 is 11.9 Å². The number of carboxylic acid groups (broad SMARTS) is 2. The van der Waals surface area contributed by atoms with Crippen molar-refractivity contribution in [3.05, 3.63) is 136 Å². The summed E-state index contributed by atoms with van der Waals surface area (Å²) in [7, 11) is 0. The van der Waals surface area contributed by atoms with Gasteiger partial charge in [-0.25, -0.2) is 4.79 Å². The highest BCUT2D eigenvalue weighted by Gasteiger charge is 2.18. The van der Waals surface area contributed by atoms with E-state index in [4.69, 9.17) is 19.7 Å². The van der Waals surface area contributed by atoms with Crippen LogP contribution in [0.5, 0.6) is 5.75 Å². The lowest BCUT2D eigenvalue weighted by Gasteiger charge is -2.22. The molecule has 0 aromatic heterocycles. The third-order valence-electron chi connectivity index (χ3n) is 7.99. The molecule has 1 aliphatic rings. The number of hydrogen-bond acceptors (Lipinski definition) is 4. The zero-order chi connectivity index (χ0) is 33.9. The van der Waals surface area contributed by atoms with Gasteiger partial charge in [-0.2, -0.15) is 0 Å². The van der Waals surface area contributed by atoms with Crippen LogP contribution in [0.25, 0.3) is 0 Å². The fourth-order valence-electron chi connectivity index (χ4n) is 5.32. The molecular formula is C41H50O6.